The number of carbonyl (C=O) groups is 1. The quantitative estimate of drug-likeness (QED) is 0.0531. The first kappa shape index (κ1) is 45.4. The lowest BCUT2D eigenvalue weighted by molar-refractivity contribution is -0.153. The van der Waals surface area contributed by atoms with E-state index in [4.69, 9.17) is 4.84 Å². The van der Waals surface area contributed by atoms with Crippen LogP contribution in [0.5, 0.6) is 0 Å². The summed E-state index contributed by atoms with van der Waals surface area (Å²) in [6.45, 7) is 12.5. The minimum atomic E-state index is -0.0930. The lowest BCUT2D eigenvalue weighted by Crippen LogP contribution is -2.36. The van der Waals surface area contributed by atoms with E-state index in [1.807, 2.05) is 0 Å². The molecule has 0 saturated heterocycles. The van der Waals surface area contributed by atoms with Gasteiger partial charge in [0.1, 0.15) is 0 Å². The molecule has 4 nitrogen and oxygen atoms in total. The van der Waals surface area contributed by atoms with E-state index in [0.29, 0.717) is 12.5 Å². The molecule has 0 saturated carbocycles. The molecule has 0 spiro atoms. The Morgan fingerprint density at radius 3 is 1.11 bits per heavy atom. The first-order valence-corrected chi connectivity index (χ1v) is 21.3. The molecule has 0 aliphatic carbocycles. The highest BCUT2D eigenvalue weighted by Crippen LogP contribution is 2.19. The van der Waals surface area contributed by atoms with Gasteiger partial charge in [0.2, 0.25) is 0 Å². The third-order valence-electron chi connectivity index (χ3n) is 10.00. The van der Waals surface area contributed by atoms with Crippen LogP contribution in [0, 0.1) is 5.92 Å². The lowest BCUT2D eigenvalue weighted by atomic mass is 9.94. The molecule has 276 valence electrons. The predicted octanol–water partition coefficient (Wildman–Crippen LogP) is 13.5. The molecule has 0 amide bonds. The van der Waals surface area contributed by atoms with Crippen molar-refractivity contribution in [3.8, 4) is 0 Å². The highest BCUT2D eigenvalue weighted by Gasteiger charge is 2.14. The van der Waals surface area contributed by atoms with E-state index >= 15 is 0 Å². The average molecular weight is 651 g/mol. The largest absolute Gasteiger partial charge is 0.369 e. The Balaban J connectivity index is 4.56. The molecule has 0 aromatic heterocycles. The summed E-state index contributed by atoms with van der Waals surface area (Å²) < 4.78 is 0. The van der Waals surface area contributed by atoms with Crippen molar-refractivity contribution in [2.45, 2.75) is 233 Å². The van der Waals surface area contributed by atoms with Crippen LogP contribution in [0.25, 0.3) is 0 Å². The highest BCUT2D eigenvalue weighted by molar-refractivity contribution is 5.71. The van der Waals surface area contributed by atoms with Crippen molar-refractivity contribution < 1.29 is 9.63 Å². The fraction of sp³-hybridized carbons (Fsp3) is 0.976. The molecule has 0 bridgehead atoms. The Labute approximate surface area is 290 Å². The highest BCUT2D eigenvalue weighted by atomic mass is 16.7. The van der Waals surface area contributed by atoms with Crippen molar-refractivity contribution in [1.82, 2.24) is 10.4 Å². The Bertz CT molecular complexity index is 564. The molecule has 0 heterocycles. The van der Waals surface area contributed by atoms with Gasteiger partial charge in [-0.15, -0.1) is 0 Å². The van der Waals surface area contributed by atoms with Gasteiger partial charge in [-0.3, -0.25) is 4.90 Å². The van der Waals surface area contributed by atoms with Crippen LogP contribution in [0.1, 0.15) is 233 Å². The summed E-state index contributed by atoms with van der Waals surface area (Å²) in [4.78, 5) is 21.0. The van der Waals surface area contributed by atoms with Crippen LogP contribution in [0.2, 0.25) is 0 Å². The van der Waals surface area contributed by atoms with Crippen LogP contribution < -0.4 is 5.48 Å². The maximum Gasteiger partial charge on any atom is 0.338 e. The lowest BCUT2D eigenvalue weighted by Gasteiger charge is -2.22. The monoisotopic (exact) mass is 651 g/mol. The van der Waals surface area contributed by atoms with E-state index in [-0.39, 0.29) is 5.97 Å². The molecule has 0 aliphatic rings. The van der Waals surface area contributed by atoms with E-state index < -0.39 is 0 Å². The summed E-state index contributed by atoms with van der Waals surface area (Å²) in [5.41, 5.74) is 3.15. The van der Waals surface area contributed by atoms with Gasteiger partial charge in [0.25, 0.3) is 0 Å². The zero-order chi connectivity index (χ0) is 33.6. The molecule has 1 N–H and O–H groups in total. The summed E-state index contributed by atoms with van der Waals surface area (Å²) >= 11 is 0. The Hall–Kier alpha value is -0.610. The minimum absolute atomic E-state index is 0.0930. The van der Waals surface area contributed by atoms with Gasteiger partial charge in [-0.25, -0.2) is 4.79 Å². The van der Waals surface area contributed by atoms with Crippen LogP contribution >= 0.6 is 0 Å². The van der Waals surface area contributed by atoms with Gasteiger partial charge < -0.3 is 4.84 Å². The number of hydrogen-bond donors (Lipinski definition) is 1. The zero-order valence-corrected chi connectivity index (χ0v) is 32.3. The SMILES string of the molecule is CCCCCCCCCCC(CCCCCCCC)CNOC(=O)CN(CCCCCCCCCC)CCCCCCCCCC. The molecule has 1 unspecified atom stereocenters. The summed E-state index contributed by atoms with van der Waals surface area (Å²) in [6, 6.07) is 0. The summed E-state index contributed by atoms with van der Waals surface area (Å²) in [5, 5.41) is 0. The van der Waals surface area contributed by atoms with Crippen molar-refractivity contribution in [1.29, 1.82) is 0 Å². The van der Waals surface area contributed by atoms with Crippen LogP contribution in [0.15, 0.2) is 0 Å². The second-order valence-electron chi connectivity index (χ2n) is 14.7. The van der Waals surface area contributed by atoms with Crippen molar-refractivity contribution in [3.63, 3.8) is 0 Å². The number of nitrogens with zero attached hydrogens (tertiary/aromatic N) is 1. The van der Waals surface area contributed by atoms with Crippen LogP contribution in [-0.2, 0) is 9.63 Å². The smallest absolute Gasteiger partial charge is 0.338 e. The van der Waals surface area contributed by atoms with Gasteiger partial charge in [-0.05, 0) is 44.7 Å². The average Bonchev–Trinajstić information content (AvgIpc) is 3.05. The zero-order valence-electron chi connectivity index (χ0n) is 32.3. The molecule has 0 fully saturated rings. The molecule has 0 radical (unpaired) electrons. The standard InChI is InChI=1S/C42H86N2O2/c1-5-9-13-17-21-24-28-32-36-41(35-31-27-20-16-12-8-4)39-43-46-42(45)40-44(37-33-29-25-22-18-14-10-6-2)38-34-30-26-23-19-15-11-7-3/h41,43H,5-40H2,1-4H3. The maximum absolute atomic E-state index is 12.9. The molecule has 0 aromatic rings. The van der Waals surface area contributed by atoms with Gasteiger partial charge in [0.05, 0.1) is 6.54 Å². The molecule has 0 rings (SSSR count). The first-order valence-electron chi connectivity index (χ1n) is 21.3. The fourth-order valence-electron chi connectivity index (χ4n) is 6.79. The second-order valence-corrected chi connectivity index (χ2v) is 14.7. The number of hydrogen-bond acceptors (Lipinski definition) is 4. The molecule has 4 heteroatoms. The molecular formula is C42H86N2O2. The fourth-order valence-corrected chi connectivity index (χ4v) is 6.79. The molecular weight excluding hydrogens is 564 g/mol. The van der Waals surface area contributed by atoms with E-state index in [0.717, 1.165) is 19.6 Å². The predicted molar refractivity (Wildman–Crippen MR) is 204 cm³/mol. The van der Waals surface area contributed by atoms with Crippen LogP contribution in [0.3, 0.4) is 0 Å². The van der Waals surface area contributed by atoms with Crippen LogP contribution in [0.4, 0.5) is 0 Å². The van der Waals surface area contributed by atoms with Gasteiger partial charge in [0.15, 0.2) is 0 Å². The Morgan fingerprint density at radius 1 is 0.457 bits per heavy atom. The molecule has 0 aromatic carbocycles. The van der Waals surface area contributed by atoms with E-state index in [1.165, 1.54) is 205 Å². The number of unbranched alkanes of at least 4 members (excludes halogenated alkanes) is 26. The third-order valence-corrected chi connectivity index (χ3v) is 10.00. The summed E-state index contributed by atoms with van der Waals surface area (Å²) in [7, 11) is 0. The van der Waals surface area contributed by atoms with Crippen molar-refractivity contribution >= 4 is 5.97 Å². The minimum Gasteiger partial charge on any atom is -0.369 e. The van der Waals surface area contributed by atoms with Crippen LogP contribution in [-0.4, -0.2) is 37.0 Å². The van der Waals surface area contributed by atoms with Gasteiger partial charge in [0, 0.05) is 6.54 Å². The summed E-state index contributed by atoms with van der Waals surface area (Å²) in [5.74, 6) is 0.523. The van der Waals surface area contributed by atoms with E-state index in [9.17, 15) is 4.79 Å². The third kappa shape index (κ3) is 34.7. The normalized spacial score (nSPS) is 12.3. The van der Waals surface area contributed by atoms with Gasteiger partial charge >= 0.3 is 5.97 Å². The maximum atomic E-state index is 12.9. The number of rotatable bonds is 39. The first-order chi connectivity index (χ1) is 22.7. The topological polar surface area (TPSA) is 41.6 Å². The second kappa shape index (κ2) is 38.8. The number of nitrogens with one attached hydrogen (secondary N) is 1. The number of carbonyl (C=O) groups excluding carboxylic acids is 1. The Kier molecular flexibility index (Phi) is 38.3. The number of hydroxylamine groups is 1. The van der Waals surface area contributed by atoms with Gasteiger partial charge in [-0.2, -0.15) is 5.48 Å². The van der Waals surface area contributed by atoms with Crippen molar-refractivity contribution in [3.05, 3.63) is 0 Å². The van der Waals surface area contributed by atoms with Gasteiger partial charge in [-0.1, -0.05) is 207 Å². The van der Waals surface area contributed by atoms with E-state index in [2.05, 4.69) is 38.1 Å². The summed E-state index contributed by atoms with van der Waals surface area (Å²) in [6.07, 6.45) is 42.9. The molecule has 0 aliphatic heterocycles. The van der Waals surface area contributed by atoms with E-state index in [1.54, 1.807) is 0 Å². The van der Waals surface area contributed by atoms with Crippen molar-refractivity contribution in [2.75, 3.05) is 26.2 Å². The van der Waals surface area contributed by atoms with Crippen molar-refractivity contribution in [2.24, 2.45) is 5.92 Å². The Morgan fingerprint density at radius 2 is 0.761 bits per heavy atom. The molecule has 1 atom stereocenters. The molecule has 46 heavy (non-hydrogen) atoms.